The number of aryl methyl sites for hydroxylation is 3. The van der Waals surface area contributed by atoms with Crippen molar-refractivity contribution < 1.29 is 148 Å². The van der Waals surface area contributed by atoms with E-state index in [2.05, 4.69) is 40.4 Å². The second-order valence-corrected chi connectivity index (χ2v) is 27.9. The number of aromatic nitrogens is 6. The van der Waals surface area contributed by atoms with Crippen molar-refractivity contribution in [3.05, 3.63) is 213 Å². The number of likely N-dealkylation sites (N-methyl/N-ethyl adjacent to an activating group) is 6. The number of fused-ring (bicyclic) bond motifs is 6. The van der Waals surface area contributed by atoms with E-state index >= 15 is 0 Å². The molecule has 0 radical (unpaired) electrons. The average Bonchev–Trinajstić information content (AvgIpc) is 1.52. The molecule has 12 aromatic rings. The standard InChI is InChI=1S/6C16H21N3O2/c6*1-19(2)6-5-12-9-17-15-4-3-11(8-14(12)15)7-13-10-21-16(20)18-13/h6*3-4,8-9,13,17H,5-7,10H2,1-2H3,(H,18,20)/t6*13-/m000000/s1/i1D3,2D3,3D,4D,5D2,6D2,7D2,8D;1D3,3D,4D,5D2,6D2,7D2,8D;3D,4D,5D2,6D2,7D2,8D;1D3,2D3,3D,4D,7D2,8D;1D3,3D,4D,7D2,8D;3D,4D,7D2,8D/hD6. The van der Waals surface area contributed by atoms with E-state index in [9.17, 15) is 28.8 Å². The topological polar surface area (TPSA) is 344 Å². The van der Waals surface area contributed by atoms with Crippen LogP contribution >= 0.6 is 0 Å². The Bertz CT molecular complexity index is 9030. The molecular formula is C96H126N18O12. The molecule has 6 saturated heterocycles. The van der Waals surface area contributed by atoms with Gasteiger partial charge in [-0.05, 0) is 300 Å². The number of hydrogen-bond acceptors (Lipinski definition) is 18. The fourth-order valence-electron chi connectivity index (χ4n) is 11.9. The minimum Gasteiger partial charge on any atom is -0.447 e. The number of nitrogens with zero attached hydrogens (tertiary/aromatic N) is 6. The van der Waals surface area contributed by atoms with E-state index in [0.29, 0.717) is 44.6 Å². The highest BCUT2D eigenvalue weighted by atomic mass is 16.6. The summed E-state index contributed by atoms with van der Waals surface area (Å²) in [5.74, 6) is 0. The minimum atomic E-state index is -3.74. The van der Waals surface area contributed by atoms with Crippen LogP contribution in [-0.2, 0) is 105 Å². The van der Waals surface area contributed by atoms with Gasteiger partial charge in [-0.1, -0.05) is 36.3 Å². The van der Waals surface area contributed by atoms with Crippen LogP contribution in [0.2, 0.25) is 8.47 Å². The van der Waals surface area contributed by atoms with Crippen molar-refractivity contribution in [2.75, 3.05) is 163 Å². The molecule has 18 rings (SSSR count). The average molecular weight is 1790 g/mol. The number of aromatic amines is 6. The molecule has 0 bridgehead atoms. The lowest BCUT2D eigenvalue weighted by molar-refractivity contribution is 0.176. The Labute approximate surface area is 829 Å². The quantitative estimate of drug-likeness (QED) is 0.0186. The highest BCUT2D eigenvalue weighted by molar-refractivity contribution is 5.88. The molecule has 6 aromatic carbocycles. The maximum Gasteiger partial charge on any atom is 0.407 e. The molecule has 0 spiro atoms. The largest absolute Gasteiger partial charge is 0.447 e. The third-order valence-corrected chi connectivity index (χ3v) is 17.7. The molecule has 12 heterocycles. The molecule has 0 saturated carbocycles. The second kappa shape index (κ2) is 43.7. The number of benzene rings is 6. The SMILES string of the molecule is [2H]c1c(C([2H])([2H])[C@H]2COC(=O)N2)c([2H])c2c(C([2H])([2H])C([2H])([2H])N(C([2H])([2H])[2H])C([2H])([2H])[2H])c[nH]c2c1[2H].[2H]c1c(C([2H])([2H])[C@H]2COC(=O)N2)c([2H])c2c(C([2H])([2H])C([2H])([2H])N(C)C([2H])([2H])[2H])c[nH]c2c1[2H].[2H]c1c(C([2H])([2H])[C@H]2COC(=O)N2)c([2H])c2c(C([2H])([2H])C([2H])([2H])N(C)C)c[nH]c2c1[2H].[2H]c1c(C([2H])([2H])[C@H]2COC(=O)N2[2H])c([2H])c2c(CCN(C([2H])([2H])[2H])C([2H])([2H])[2H])cn([2H])c2c1[2H].[2H]c1c(C([2H])([2H])[C@H]2COC(=O)N2[2H])c([2H])c2c(CCN(C)C([2H])([2H])[2H])cn([2H])c2c1[2H].[2H]c1c(C([2H])([2H])[C@H]2COC(=O)N2[2H])c([2H])c2c(CCN(C)C)cn([2H])c2c1[2H]. The summed E-state index contributed by atoms with van der Waals surface area (Å²) in [6, 6.07) is -18.5. The van der Waals surface area contributed by atoms with Gasteiger partial charge in [0, 0.05) is 199 Å². The van der Waals surface area contributed by atoms with Crippen LogP contribution in [0.1, 0.15) is 149 Å². The summed E-state index contributed by atoms with van der Waals surface area (Å²) >= 11 is 0. The maximum absolute atomic E-state index is 11.6. The Hall–Kier alpha value is -12.1. The van der Waals surface area contributed by atoms with Crippen molar-refractivity contribution in [3.63, 3.8) is 0 Å². The van der Waals surface area contributed by atoms with Crippen LogP contribution in [0, 0.1) is 0 Å². The monoisotopic (exact) mass is 1790 g/mol. The Morgan fingerprint density at radius 1 is 0.310 bits per heavy atom. The van der Waals surface area contributed by atoms with Gasteiger partial charge in [-0.2, -0.15) is 0 Å². The van der Waals surface area contributed by atoms with Crippen LogP contribution in [0.25, 0.3) is 65.4 Å². The van der Waals surface area contributed by atoms with Crippen molar-refractivity contribution in [1.29, 1.82) is 0 Å². The van der Waals surface area contributed by atoms with Crippen LogP contribution < -0.4 is 31.9 Å². The summed E-state index contributed by atoms with van der Waals surface area (Å²) in [6.45, 7) is -30.2. The molecule has 0 unspecified atom stereocenters. The van der Waals surface area contributed by atoms with E-state index in [0.717, 1.165) is 51.6 Å². The Balaban J connectivity index is 0.000000186. The predicted molar refractivity (Wildman–Crippen MR) is 495 cm³/mol. The molecule has 0 aliphatic carbocycles. The first kappa shape index (κ1) is 39.4. The molecule has 6 fully saturated rings. The first-order valence-electron chi connectivity index (χ1n) is 70.6. The van der Waals surface area contributed by atoms with Gasteiger partial charge in [0.25, 0.3) is 0 Å². The summed E-state index contributed by atoms with van der Waals surface area (Å²) in [5.41, 5.74) is -4.57. The molecule has 12 N–H and O–H groups in total. The molecule has 6 atom stereocenters. The lowest BCUT2D eigenvalue weighted by atomic mass is 10.0. The smallest absolute Gasteiger partial charge is 0.407 e. The first-order chi connectivity index (χ1) is 87.2. The molecule has 126 heavy (non-hydrogen) atoms. The number of ether oxygens (including phenoxy) is 6. The highest BCUT2D eigenvalue weighted by Crippen LogP contribution is 2.29. The molecule has 6 aliphatic heterocycles. The number of hydrogen-bond donors (Lipinski definition) is 12. The van der Waals surface area contributed by atoms with Crippen LogP contribution in [0.4, 0.5) is 28.8 Å². The second-order valence-electron chi connectivity index (χ2n) is 27.9. The van der Waals surface area contributed by atoms with Crippen LogP contribution in [0.15, 0.2) is 146 Å². The van der Waals surface area contributed by atoms with Gasteiger partial charge in [0.05, 0.1) is 60.9 Å². The fourth-order valence-corrected chi connectivity index (χ4v) is 11.9. The van der Waals surface area contributed by atoms with Crippen molar-refractivity contribution in [1.82, 2.24) is 91.2 Å². The molecule has 6 aliphatic rings. The number of H-pyrrole nitrogens is 6. The molecule has 30 heteroatoms. The van der Waals surface area contributed by atoms with Crippen molar-refractivity contribution in [2.45, 2.75) is 113 Å². The van der Waals surface area contributed by atoms with E-state index in [-0.39, 0.29) is 132 Å². The third kappa shape index (κ3) is 26.5. The van der Waals surface area contributed by atoms with Gasteiger partial charge in [0.15, 0.2) is 8.47 Å². The number of amides is 6. The van der Waals surface area contributed by atoms with E-state index in [1.807, 2.05) is 19.0 Å². The predicted octanol–water partition coefficient (Wildman–Crippen LogP) is 11.5. The van der Waals surface area contributed by atoms with Gasteiger partial charge >= 0.3 is 36.6 Å². The lowest BCUT2D eigenvalue weighted by Gasteiger charge is -2.09. The molecule has 6 amide bonds. The number of cyclic esters (lactones) is 6. The molecule has 672 valence electrons. The van der Waals surface area contributed by atoms with Crippen molar-refractivity contribution >= 4 is 102 Å². The summed E-state index contributed by atoms with van der Waals surface area (Å²) in [5, 5.41) is 6.74. The zero-order valence-corrected chi connectivity index (χ0v) is 67.7. The van der Waals surface area contributed by atoms with Gasteiger partial charge < -0.3 is 120 Å². The third-order valence-electron chi connectivity index (χ3n) is 17.7. The summed E-state index contributed by atoms with van der Waals surface area (Å²) in [6.07, 6.45) is -23.2. The normalized spacial score (nSPS) is 28.0. The minimum absolute atomic E-state index is 0.0543. The number of rotatable bonds is 30. The van der Waals surface area contributed by atoms with Crippen molar-refractivity contribution in [3.8, 4) is 0 Å². The molecular weight excluding hydrogens is 1600 g/mol. The first-order valence-corrected chi connectivity index (χ1v) is 37.9. The number of nitrogens with one attached hydrogen (secondary N) is 12. The van der Waals surface area contributed by atoms with Crippen LogP contribution in [-0.4, -0.2) is 295 Å². The van der Waals surface area contributed by atoms with E-state index in [1.54, 1.807) is 0 Å². The molecule has 6 aromatic heterocycles. The summed E-state index contributed by atoms with van der Waals surface area (Å²) < 4.78 is 563. The fraction of sp³-hybridized carbons (Fsp3) is 0.438. The van der Waals surface area contributed by atoms with Crippen molar-refractivity contribution in [2.24, 2.45) is 0 Å². The van der Waals surface area contributed by atoms with Gasteiger partial charge in [-0.25, -0.2) is 28.8 Å². The Morgan fingerprint density at radius 3 is 0.849 bits per heavy atom. The van der Waals surface area contributed by atoms with E-state index < -0.39 is 370 Å². The van der Waals surface area contributed by atoms with Gasteiger partial charge in [0.1, 0.15) is 39.6 Å². The Morgan fingerprint density at radius 2 is 0.571 bits per heavy atom. The molecule has 30 nitrogen and oxygen atoms in total. The number of carbonyl (C=O) groups excluding carboxylic acids is 6. The number of alkyl carbamates (subject to hydrolysis) is 6. The van der Waals surface area contributed by atoms with Gasteiger partial charge in [0.2, 0.25) is 0 Å². The zero-order valence-electron chi connectivity index (χ0n) is 134. The maximum atomic E-state index is 11.6. The van der Waals surface area contributed by atoms with Gasteiger partial charge in [-0.3, -0.25) is 0 Å². The summed E-state index contributed by atoms with van der Waals surface area (Å²) in [7, 11) is 8.76. The van der Waals surface area contributed by atoms with E-state index in [4.69, 9.17) is 110 Å². The zero-order chi connectivity index (χ0) is 146. The van der Waals surface area contributed by atoms with E-state index in [1.165, 1.54) is 33.5 Å². The van der Waals surface area contributed by atoms with Crippen LogP contribution in [0.3, 0.4) is 0 Å². The van der Waals surface area contributed by atoms with Gasteiger partial charge in [-0.15, -0.1) is 0 Å². The highest BCUT2D eigenvalue weighted by Gasteiger charge is 2.29. The lowest BCUT2D eigenvalue weighted by Crippen LogP contribution is -2.28. The van der Waals surface area contributed by atoms with Crippen LogP contribution in [0.5, 0.6) is 0 Å². The summed E-state index contributed by atoms with van der Waals surface area (Å²) in [4.78, 5) is 82.9. The number of carbonyl (C=O) groups is 6. The Kier molecular flexibility index (Phi) is 13.7.